The topological polar surface area (TPSA) is 41.6 Å². The summed E-state index contributed by atoms with van der Waals surface area (Å²) in [6.45, 7) is 0.540. The standard InChI is InChI=1S/C16H11BrFN3/c17-13-9-12(18)6-5-11(13)10-21-15-4-2-1-3-14(15)20-16(21)7-8-19/h1-6,9H,7,10H2. The van der Waals surface area contributed by atoms with Gasteiger partial charge in [0.15, 0.2) is 0 Å². The summed E-state index contributed by atoms with van der Waals surface area (Å²) >= 11 is 3.38. The van der Waals surface area contributed by atoms with E-state index in [1.165, 1.54) is 12.1 Å². The van der Waals surface area contributed by atoms with E-state index < -0.39 is 0 Å². The lowest BCUT2D eigenvalue weighted by Gasteiger charge is -2.09. The second-order valence-corrected chi connectivity index (χ2v) is 5.53. The minimum atomic E-state index is -0.279. The molecule has 1 aromatic heterocycles. The molecule has 21 heavy (non-hydrogen) atoms. The van der Waals surface area contributed by atoms with Crippen molar-refractivity contribution in [2.75, 3.05) is 0 Å². The maximum atomic E-state index is 13.2. The van der Waals surface area contributed by atoms with Crippen LogP contribution in [0.4, 0.5) is 4.39 Å². The van der Waals surface area contributed by atoms with E-state index in [1.54, 1.807) is 6.07 Å². The van der Waals surface area contributed by atoms with Gasteiger partial charge in [-0.05, 0) is 29.8 Å². The number of benzene rings is 2. The molecule has 0 bridgehead atoms. The first-order valence-electron chi connectivity index (χ1n) is 6.44. The number of fused-ring (bicyclic) bond motifs is 1. The molecular formula is C16H11BrFN3. The first-order valence-corrected chi connectivity index (χ1v) is 7.23. The molecule has 0 radical (unpaired) electrons. The lowest BCUT2D eigenvalue weighted by atomic mass is 10.2. The first-order chi connectivity index (χ1) is 10.2. The molecule has 3 nitrogen and oxygen atoms in total. The second kappa shape index (κ2) is 5.66. The molecule has 104 valence electrons. The number of nitrogens with zero attached hydrogens (tertiary/aromatic N) is 3. The smallest absolute Gasteiger partial charge is 0.124 e. The zero-order valence-corrected chi connectivity index (χ0v) is 12.6. The van der Waals surface area contributed by atoms with Crippen molar-refractivity contribution in [2.45, 2.75) is 13.0 Å². The molecule has 0 aliphatic heterocycles. The SMILES string of the molecule is N#CCc1nc2ccccc2n1Cc1ccc(F)cc1Br. The molecule has 0 fully saturated rings. The fourth-order valence-corrected chi connectivity index (χ4v) is 2.80. The Morgan fingerprint density at radius 2 is 2.05 bits per heavy atom. The summed E-state index contributed by atoms with van der Waals surface area (Å²) in [7, 11) is 0. The summed E-state index contributed by atoms with van der Waals surface area (Å²) in [5.74, 6) is 0.438. The molecule has 0 saturated carbocycles. The van der Waals surface area contributed by atoms with Gasteiger partial charge in [-0.2, -0.15) is 5.26 Å². The van der Waals surface area contributed by atoms with Crippen molar-refractivity contribution in [3.63, 3.8) is 0 Å². The molecule has 0 aliphatic rings. The minimum Gasteiger partial charge on any atom is -0.323 e. The van der Waals surface area contributed by atoms with Crippen molar-refractivity contribution in [3.05, 3.63) is 64.1 Å². The van der Waals surface area contributed by atoms with Gasteiger partial charge in [-0.1, -0.05) is 34.1 Å². The van der Waals surface area contributed by atoms with E-state index in [9.17, 15) is 4.39 Å². The lowest BCUT2D eigenvalue weighted by Crippen LogP contribution is -2.05. The third kappa shape index (κ3) is 2.67. The van der Waals surface area contributed by atoms with Gasteiger partial charge in [0.05, 0.1) is 30.1 Å². The molecule has 5 heteroatoms. The maximum absolute atomic E-state index is 13.2. The molecular weight excluding hydrogens is 333 g/mol. The van der Waals surface area contributed by atoms with Crippen molar-refractivity contribution in [2.24, 2.45) is 0 Å². The third-order valence-electron chi connectivity index (χ3n) is 3.31. The van der Waals surface area contributed by atoms with Gasteiger partial charge in [-0.3, -0.25) is 0 Å². The summed E-state index contributed by atoms with van der Waals surface area (Å²) in [6, 6.07) is 14.5. The predicted octanol–water partition coefficient (Wildman–Crippen LogP) is 4.05. The molecule has 0 unspecified atom stereocenters. The van der Waals surface area contributed by atoms with Crippen LogP contribution in [0.5, 0.6) is 0 Å². The van der Waals surface area contributed by atoms with Crippen molar-refractivity contribution in [3.8, 4) is 6.07 Å². The Morgan fingerprint density at radius 3 is 2.81 bits per heavy atom. The second-order valence-electron chi connectivity index (χ2n) is 4.67. The number of halogens is 2. The summed E-state index contributed by atoms with van der Waals surface area (Å²) in [5, 5.41) is 8.96. The Bertz CT molecular complexity index is 848. The van der Waals surface area contributed by atoms with Crippen molar-refractivity contribution in [1.29, 1.82) is 5.26 Å². The zero-order chi connectivity index (χ0) is 14.8. The Kier molecular flexibility index (Phi) is 3.72. The number of imidazole rings is 1. The van der Waals surface area contributed by atoms with Gasteiger partial charge >= 0.3 is 0 Å². The summed E-state index contributed by atoms with van der Waals surface area (Å²) in [4.78, 5) is 4.50. The van der Waals surface area contributed by atoms with Crippen LogP contribution in [0.15, 0.2) is 46.9 Å². The highest BCUT2D eigenvalue weighted by Gasteiger charge is 2.12. The van der Waals surface area contributed by atoms with E-state index >= 15 is 0 Å². The van der Waals surface area contributed by atoms with E-state index in [1.807, 2.05) is 28.8 Å². The molecule has 3 aromatic rings. The Labute approximate surface area is 129 Å². The highest BCUT2D eigenvalue weighted by Crippen LogP contribution is 2.23. The van der Waals surface area contributed by atoms with Crippen LogP contribution in [-0.2, 0) is 13.0 Å². The van der Waals surface area contributed by atoms with Gasteiger partial charge in [0.25, 0.3) is 0 Å². The highest BCUT2D eigenvalue weighted by atomic mass is 79.9. The van der Waals surface area contributed by atoms with Gasteiger partial charge < -0.3 is 4.57 Å². The fourth-order valence-electron chi connectivity index (χ4n) is 2.33. The van der Waals surface area contributed by atoms with E-state index in [0.717, 1.165) is 22.4 Å². The van der Waals surface area contributed by atoms with Crippen molar-refractivity contribution < 1.29 is 4.39 Å². The fraction of sp³-hybridized carbons (Fsp3) is 0.125. The molecule has 0 saturated heterocycles. The molecule has 0 amide bonds. The Balaban J connectivity index is 2.10. The Hall–Kier alpha value is -2.19. The van der Waals surface area contributed by atoms with Crippen LogP contribution >= 0.6 is 15.9 Å². The van der Waals surface area contributed by atoms with Crippen LogP contribution in [0.1, 0.15) is 11.4 Å². The predicted molar refractivity (Wildman–Crippen MR) is 82.3 cm³/mol. The molecule has 0 N–H and O–H groups in total. The number of hydrogen-bond donors (Lipinski definition) is 0. The van der Waals surface area contributed by atoms with Crippen LogP contribution in [0.2, 0.25) is 0 Å². The largest absolute Gasteiger partial charge is 0.323 e. The lowest BCUT2D eigenvalue weighted by molar-refractivity contribution is 0.625. The number of aromatic nitrogens is 2. The minimum absolute atomic E-state index is 0.244. The van der Waals surface area contributed by atoms with Gasteiger partial charge in [0.2, 0.25) is 0 Å². The van der Waals surface area contributed by atoms with Gasteiger partial charge in [0, 0.05) is 4.47 Å². The van der Waals surface area contributed by atoms with Crippen LogP contribution in [0.25, 0.3) is 11.0 Å². The Morgan fingerprint density at radius 1 is 1.24 bits per heavy atom. The maximum Gasteiger partial charge on any atom is 0.124 e. The van der Waals surface area contributed by atoms with Gasteiger partial charge in [-0.25, -0.2) is 9.37 Å². The first kappa shape index (κ1) is 13.8. The summed E-state index contributed by atoms with van der Waals surface area (Å²) < 4.78 is 15.9. The average molecular weight is 344 g/mol. The normalized spacial score (nSPS) is 10.7. The molecule has 0 aliphatic carbocycles. The van der Waals surface area contributed by atoms with Crippen molar-refractivity contribution >= 4 is 27.0 Å². The van der Waals surface area contributed by atoms with E-state index in [-0.39, 0.29) is 12.2 Å². The number of para-hydroxylation sites is 2. The number of rotatable bonds is 3. The molecule has 0 atom stereocenters. The van der Waals surface area contributed by atoms with Crippen molar-refractivity contribution in [1.82, 2.24) is 9.55 Å². The number of hydrogen-bond acceptors (Lipinski definition) is 2. The van der Waals surface area contributed by atoms with E-state index in [0.29, 0.717) is 11.0 Å². The van der Waals surface area contributed by atoms with E-state index in [2.05, 4.69) is 27.0 Å². The average Bonchev–Trinajstić information content (AvgIpc) is 2.80. The molecule has 0 spiro atoms. The van der Waals surface area contributed by atoms with Gasteiger partial charge in [0.1, 0.15) is 11.6 Å². The molecule has 1 heterocycles. The van der Waals surface area contributed by atoms with Crippen LogP contribution < -0.4 is 0 Å². The highest BCUT2D eigenvalue weighted by molar-refractivity contribution is 9.10. The summed E-state index contributed by atoms with van der Waals surface area (Å²) in [6.07, 6.45) is 0.244. The van der Waals surface area contributed by atoms with Crippen LogP contribution in [0.3, 0.4) is 0 Å². The monoisotopic (exact) mass is 343 g/mol. The van der Waals surface area contributed by atoms with Crippen LogP contribution in [-0.4, -0.2) is 9.55 Å². The zero-order valence-electron chi connectivity index (χ0n) is 11.1. The number of nitriles is 1. The molecule has 2 aromatic carbocycles. The quantitative estimate of drug-likeness (QED) is 0.719. The van der Waals surface area contributed by atoms with Crippen LogP contribution in [0, 0.1) is 17.1 Å². The third-order valence-corrected chi connectivity index (χ3v) is 4.05. The molecule has 3 rings (SSSR count). The van der Waals surface area contributed by atoms with E-state index in [4.69, 9.17) is 5.26 Å². The summed E-state index contributed by atoms with van der Waals surface area (Å²) in [5.41, 5.74) is 2.78. The van der Waals surface area contributed by atoms with Gasteiger partial charge in [-0.15, -0.1) is 0 Å².